The van der Waals surface area contributed by atoms with E-state index in [1.807, 2.05) is 7.05 Å². The first-order chi connectivity index (χ1) is 9.51. The van der Waals surface area contributed by atoms with Crippen LogP contribution in [0, 0.1) is 5.92 Å². The molecule has 0 aromatic carbocycles. The van der Waals surface area contributed by atoms with Gasteiger partial charge in [-0.25, -0.2) is 4.79 Å². The number of ether oxygens (including phenoxy) is 1. The maximum atomic E-state index is 12.2. The molecule has 1 fully saturated rings. The summed E-state index contributed by atoms with van der Waals surface area (Å²) in [6, 6.07) is 0.329. The molecular weight excluding hydrogens is 272 g/mol. The van der Waals surface area contributed by atoms with Crippen molar-refractivity contribution in [3.05, 3.63) is 0 Å². The van der Waals surface area contributed by atoms with E-state index in [1.165, 1.54) is 4.90 Å². The molecule has 0 aromatic rings. The number of carboxylic acid groups (broad SMARTS) is 1. The van der Waals surface area contributed by atoms with Gasteiger partial charge in [-0.1, -0.05) is 0 Å². The van der Waals surface area contributed by atoms with E-state index in [-0.39, 0.29) is 12.6 Å². The van der Waals surface area contributed by atoms with Gasteiger partial charge >= 0.3 is 12.1 Å². The van der Waals surface area contributed by atoms with E-state index < -0.39 is 23.6 Å². The van der Waals surface area contributed by atoms with Gasteiger partial charge in [-0.15, -0.1) is 0 Å². The maximum absolute atomic E-state index is 12.2. The summed E-state index contributed by atoms with van der Waals surface area (Å²) in [4.78, 5) is 27.2. The SMILES string of the molecule is CC(C)N(C)C1CC(C(=O)O)CN(C(=O)OC(C)(C)C)C1. The molecule has 6 heteroatoms. The average molecular weight is 300 g/mol. The molecule has 0 saturated carbocycles. The molecule has 0 aliphatic carbocycles. The molecule has 0 radical (unpaired) electrons. The predicted octanol–water partition coefficient (Wildman–Crippen LogP) is 2.04. The number of likely N-dealkylation sites (N-methyl/N-ethyl adjacent to an activating group) is 1. The van der Waals surface area contributed by atoms with Gasteiger partial charge in [0.1, 0.15) is 5.60 Å². The number of amides is 1. The molecule has 0 spiro atoms. The van der Waals surface area contributed by atoms with Crippen molar-refractivity contribution in [2.45, 2.75) is 58.7 Å². The van der Waals surface area contributed by atoms with Gasteiger partial charge in [0.2, 0.25) is 0 Å². The molecule has 1 rings (SSSR count). The number of hydrogen-bond donors (Lipinski definition) is 1. The zero-order valence-electron chi connectivity index (χ0n) is 13.9. The molecule has 1 heterocycles. The van der Waals surface area contributed by atoms with Crippen LogP contribution in [0.5, 0.6) is 0 Å². The first kappa shape index (κ1) is 17.8. The van der Waals surface area contributed by atoms with Crippen LogP contribution in [-0.4, -0.2) is 64.8 Å². The summed E-state index contributed by atoms with van der Waals surface area (Å²) in [5, 5.41) is 9.31. The summed E-state index contributed by atoms with van der Waals surface area (Å²) in [6.07, 6.45) is 0.124. The fourth-order valence-corrected chi connectivity index (χ4v) is 2.44. The zero-order chi connectivity index (χ0) is 16.4. The molecule has 1 amide bonds. The van der Waals surface area contributed by atoms with E-state index in [0.717, 1.165) is 0 Å². The number of rotatable bonds is 3. The first-order valence-electron chi connectivity index (χ1n) is 7.44. The van der Waals surface area contributed by atoms with Gasteiger partial charge in [0.05, 0.1) is 5.92 Å². The third-order valence-electron chi connectivity index (χ3n) is 3.82. The van der Waals surface area contributed by atoms with E-state index in [1.54, 1.807) is 20.8 Å². The van der Waals surface area contributed by atoms with Crippen LogP contribution in [0.15, 0.2) is 0 Å². The minimum atomic E-state index is -0.856. The minimum absolute atomic E-state index is 0.0346. The molecule has 1 aliphatic rings. The second-order valence-electron chi connectivity index (χ2n) is 7.07. The van der Waals surface area contributed by atoms with Gasteiger partial charge < -0.3 is 14.7 Å². The summed E-state index contributed by atoms with van der Waals surface area (Å²) in [5.74, 6) is -1.40. The van der Waals surface area contributed by atoms with Gasteiger partial charge in [0.15, 0.2) is 0 Å². The Morgan fingerprint density at radius 1 is 1.29 bits per heavy atom. The number of likely N-dealkylation sites (tertiary alicyclic amines) is 1. The molecule has 6 nitrogen and oxygen atoms in total. The Balaban J connectivity index is 2.84. The highest BCUT2D eigenvalue weighted by Crippen LogP contribution is 2.23. The third-order valence-corrected chi connectivity index (χ3v) is 3.82. The van der Waals surface area contributed by atoms with Crippen LogP contribution in [0.4, 0.5) is 4.79 Å². The largest absolute Gasteiger partial charge is 0.481 e. The summed E-state index contributed by atoms with van der Waals surface area (Å²) in [7, 11) is 1.97. The molecule has 1 N–H and O–H groups in total. The Hall–Kier alpha value is -1.30. The summed E-state index contributed by atoms with van der Waals surface area (Å²) < 4.78 is 5.37. The van der Waals surface area contributed by atoms with Crippen LogP contribution < -0.4 is 0 Å². The second kappa shape index (κ2) is 6.64. The Kier molecular flexibility index (Phi) is 5.61. The normalized spacial score (nSPS) is 23.5. The Bertz CT molecular complexity index is 390. The van der Waals surface area contributed by atoms with Gasteiger partial charge in [0, 0.05) is 25.2 Å². The molecule has 0 aromatic heterocycles. The van der Waals surface area contributed by atoms with E-state index in [4.69, 9.17) is 4.74 Å². The van der Waals surface area contributed by atoms with Crippen LogP contribution in [0.3, 0.4) is 0 Å². The second-order valence-corrected chi connectivity index (χ2v) is 7.07. The van der Waals surface area contributed by atoms with E-state index in [0.29, 0.717) is 19.0 Å². The minimum Gasteiger partial charge on any atom is -0.481 e. The number of aliphatic carboxylic acids is 1. The van der Waals surface area contributed by atoms with E-state index >= 15 is 0 Å². The average Bonchev–Trinajstić information content (AvgIpc) is 2.35. The first-order valence-corrected chi connectivity index (χ1v) is 7.44. The van der Waals surface area contributed by atoms with Crippen molar-refractivity contribution in [1.29, 1.82) is 0 Å². The third kappa shape index (κ3) is 5.19. The number of carbonyl (C=O) groups is 2. The van der Waals surface area contributed by atoms with Crippen molar-refractivity contribution < 1.29 is 19.4 Å². The summed E-state index contributed by atoms with van der Waals surface area (Å²) >= 11 is 0. The van der Waals surface area contributed by atoms with Crippen molar-refractivity contribution in [3.8, 4) is 0 Å². The molecule has 1 aliphatic heterocycles. The zero-order valence-corrected chi connectivity index (χ0v) is 13.9. The van der Waals surface area contributed by atoms with Crippen LogP contribution in [-0.2, 0) is 9.53 Å². The maximum Gasteiger partial charge on any atom is 0.410 e. The van der Waals surface area contributed by atoms with Crippen LogP contribution in [0.25, 0.3) is 0 Å². The number of carboxylic acids is 1. The van der Waals surface area contributed by atoms with Crippen molar-refractivity contribution in [2.75, 3.05) is 20.1 Å². The quantitative estimate of drug-likeness (QED) is 0.863. The van der Waals surface area contributed by atoms with E-state index in [2.05, 4.69) is 18.7 Å². The lowest BCUT2D eigenvalue weighted by Gasteiger charge is -2.41. The number of nitrogens with zero attached hydrogens (tertiary/aromatic N) is 2. The van der Waals surface area contributed by atoms with Crippen LogP contribution >= 0.6 is 0 Å². The van der Waals surface area contributed by atoms with Gasteiger partial charge in [0.25, 0.3) is 0 Å². The highest BCUT2D eigenvalue weighted by Gasteiger charge is 2.37. The fraction of sp³-hybridized carbons (Fsp3) is 0.867. The molecule has 0 bridgehead atoms. The Morgan fingerprint density at radius 2 is 1.86 bits per heavy atom. The lowest BCUT2D eigenvalue weighted by molar-refractivity contribution is -0.144. The number of piperidine rings is 1. The van der Waals surface area contributed by atoms with Crippen molar-refractivity contribution in [3.63, 3.8) is 0 Å². The Morgan fingerprint density at radius 3 is 2.29 bits per heavy atom. The Labute approximate surface area is 127 Å². The van der Waals surface area contributed by atoms with Gasteiger partial charge in [-0.05, 0) is 48.1 Å². The summed E-state index contributed by atoms with van der Waals surface area (Å²) in [5.41, 5.74) is -0.577. The topological polar surface area (TPSA) is 70.1 Å². The van der Waals surface area contributed by atoms with Gasteiger partial charge in [-0.2, -0.15) is 0 Å². The number of hydrogen-bond acceptors (Lipinski definition) is 4. The van der Waals surface area contributed by atoms with Crippen molar-refractivity contribution in [1.82, 2.24) is 9.80 Å². The standard InChI is InChI=1S/C15H28N2O4/c1-10(2)16(6)12-7-11(13(18)19)8-17(9-12)14(20)21-15(3,4)5/h10-12H,7-9H2,1-6H3,(H,18,19). The van der Waals surface area contributed by atoms with Crippen LogP contribution in [0.1, 0.15) is 41.0 Å². The number of carbonyl (C=O) groups excluding carboxylic acids is 1. The molecule has 2 atom stereocenters. The molecule has 1 saturated heterocycles. The highest BCUT2D eigenvalue weighted by atomic mass is 16.6. The smallest absolute Gasteiger partial charge is 0.410 e. The lowest BCUT2D eigenvalue weighted by Crippen LogP contribution is -2.55. The molecule has 122 valence electrons. The highest BCUT2D eigenvalue weighted by molar-refractivity contribution is 5.73. The van der Waals surface area contributed by atoms with Crippen molar-refractivity contribution in [2.24, 2.45) is 5.92 Å². The molecular formula is C15H28N2O4. The van der Waals surface area contributed by atoms with Crippen LogP contribution in [0.2, 0.25) is 0 Å². The summed E-state index contributed by atoms with van der Waals surface area (Å²) in [6.45, 7) is 10.3. The fourth-order valence-electron chi connectivity index (χ4n) is 2.44. The predicted molar refractivity (Wildman–Crippen MR) is 80.2 cm³/mol. The lowest BCUT2D eigenvalue weighted by atomic mass is 9.93. The molecule has 2 unspecified atom stereocenters. The van der Waals surface area contributed by atoms with Gasteiger partial charge in [-0.3, -0.25) is 9.69 Å². The molecule has 21 heavy (non-hydrogen) atoms. The van der Waals surface area contributed by atoms with Crippen molar-refractivity contribution >= 4 is 12.1 Å². The van der Waals surface area contributed by atoms with E-state index in [9.17, 15) is 14.7 Å². The monoisotopic (exact) mass is 300 g/mol.